The second-order valence-corrected chi connectivity index (χ2v) is 23.4. The van der Waals surface area contributed by atoms with Gasteiger partial charge in [-0.15, -0.1) is 0 Å². The van der Waals surface area contributed by atoms with Crippen LogP contribution < -0.4 is 14.0 Å². The van der Waals surface area contributed by atoms with Gasteiger partial charge < -0.3 is 0 Å². The summed E-state index contributed by atoms with van der Waals surface area (Å²) in [6.45, 7) is 23.1. The summed E-state index contributed by atoms with van der Waals surface area (Å²) >= 11 is 3.28. The van der Waals surface area contributed by atoms with Gasteiger partial charge in [-0.2, -0.15) is 0 Å². The van der Waals surface area contributed by atoms with Crippen molar-refractivity contribution >= 4 is 46.2 Å². The number of rotatable bonds is 18. The first-order valence-electron chi connectivity index (χ1n) is 19.9. The summed E-state index contributed by atoms with van der Waals surface area (Å²) in [7, 11) is 15.8. The van der Waals surface area contributed by atoms with E-state index in [-0.39, 0.29) is 0 Å². The predicted molar refractivity (Wildman–Crippen MR) is 227 cm³/mol. The number of anilines is 2. The Balaban J connectivity index is 2.26. The van der Waals surface area contributed by atoms with Crippen molar-refractivity contribution in [2.75, 3.05) is 9.80 Å². The molecule has 0 saturated carbocycles. The van der Waals surface area contributed by atoms with Crippen LogP contribution in [0.5, 0.6) is 0 Å². The summed E-state index contributed by atoms with van der Waals surface area (Å²) < 4.78 is 1.67. The molecule has 1 aromatic heterocycles. The monoisotopic (exact) mass is 857 g/mol. The predicted octanol–water partition coefficient (Wildman–Crippen LogP) is 15.1. The van der Waals surface area contributed by atoms with Gasteiger partial charge in [-0.3, -0.25) is 0 Å². The Bertz CT molecular complexity index is 1520. The first-order chi connectivity index (χ1) is 25.0. The zero-order valence-electron chi connectivity index (χ0n) is 33.4. The Morgan fingerprint density at radius 3 is 1.27 bits per heavy atom. The van der Waals surface area contributed by atoms with Crippen molar-refractivity contribution in [2.24, 2.45) is 5.92 Å². The number of allylic oxidation sites excluding steroid dienone is 1. The van der Waals surface area contributed by atoms with Gasteiger partial charge in [0.05, 0.1) is 0 Å². The Morgan fingerprint density at radius 1 is 0.596 bits per heavy atom. The van der Waals surface area contributed by atoms with Gasteiger partial charge >= 0.3 is 335 Å². The molecule has 3 aromatic rings. The molecular formula is C45H64Cl3N3Pd-2. The van der Waals surface area contributed by atoms with E-state index in [9.17, 15) is 0 Å². The van der Waals surface area contributed by atoms with Crippen molar-refractivity contribution in [3.05, 3.63) is 104 Å². The van der Waals surface area contributed by atoms with Crippen molar-refractivity contribution in [3.8, 4) is 0 Å². The van der Waals surface area contributed by atoms with E-state index in [4.69, 9.17) is 35.6 Å². The van der Waals surface area contributed by atoms with E-state index in [1.807, 2.05) is 12.1 Å². The van der Waals surface area contributed by atoms with Gasteiger partial charge in [0.1, 0.15) is 0 Å². The van der Waals surface area contributed by atoms with E-state index in [2.05, 4.69) is 128 Å². The fraction of sp³-hybridized carbons (Fsp3) is 0.533. The van der Waals surface area contributed by atoms with Crippen LogP contribution in [-0.2, 0) is 13.5 Å². The maximum atomic E-state index is 7.92. The van der Waals surface area contributed by atoms with E-state index >= 15 is 0 Å². The molecule has 0 aliphatic carbocycles. The SMILES string of the molecule is CCC(CC)c1cccc(C(CC)CC)c1N1C=CN(c2c(C(CC)CC)cccc2C(CC)CC)C1=[C](CC(C)C)[Pd-2]([Cl])([Cl])[c]1ncccc1Cl. The van der Waals surface area contributed by atoms with E-state index in [1.165, 1.54) is 33.6 Å². The molecule has 2 aromatic carbocycles. The molecule has 0 radical (unpaired) electrons. The number of hydrogen-bond acceptors (Lipinski definition) is 3. The van der Waals surface area contributed by atoms with Crippen molar-refractivity contribution in [3.63, 3.8) is 0 Å². The van der Waals surface area contributed by atoms with Gasteiger partial charge in [0.2, 0.25) is 0 Å². The third kappa shape index (κ3) is 8.84. The first-order valence-corrected chi connectivity index (χ1v) is 25.8. The molecule has 0 unspecified atom stereocenters. The summed E-state index contributed by atoms with van der Waals surface area (Å²) in [5.41, 5.74) is 8.15. The minimum absolute atomic E-state index is 0.294. The van der Waals surface area contributed by atoms with Crippen molar-refractivity contribution < 1.29 is 13.5 Å². The molecule has 0 spiro atoms. The zero-order chi connectivity index (χ0) is 38.2. The third-order valence-electron chi connectivity index (χ3n) is 11.1. The third-order valence-corrected chi connectivity index (χ3v) is 18.1. The van der Waals surface area contributed by atoms with Gasteiger partial charge in [-0.25, -0.2) is 0 Å². The van der Waals surface area contributed by atoms with Gasteiger partial charge in [-0.05, 0) is 0 Å². The van der Waals surface area contributed by atoms with Crippen LogP contribution in [-0.4, -0.2) is 4.98 Å². The second-order valence-electron chi connectivity index (χ2n) is 14.6. The Hall–Kier alpha value is -1.80. The number of pyridine rings is 1. The molecule has 1 aliphatic heterocycles. The second kappa shape index (κ2) is 19.7. The minimum atomic E-state index is -3.68. The molecule has 3 nitrogen and oxygen atoms in total. The Morgan fingerprint density at radius 2 is 0.962 bits per heavy atom. The van der Waals surface area contributed by atoms with Gasteiger partial charge in [0.15, 0.2) is 0 Å². The summed E-state index contributed by atoms with van der Waals surface area (Å²) in [4.78, 5) is 9.80. The van der Waals surface area contributed by atoms with Crippen LogP contribution in [0.25, 0.3) is 0 Å². The van der Waals surface area contributed by atoms with Crippen molar-refractivity contribution in [1.82, 2.24) is 4.98 Å². The Labute approximate surface area is 333 Å². The number of halogens is 3. The number of aromatic nitrogens is 1. The standard InChI is InChI=1S/C40H61N2.C5H3ClN.2ClH.Pd/c1-11-30(12-2)34-21-19-22-35(31(13-3)14-4)39(34)41-27-28-42(38(41)26-25-29(9)10)40-36(32(15-5)16-6)23-20-24-37(40)33(17-7)18-8;6-5-2-1-3-7-4-5;;;/h19-24,27-33H,11-18,25H2,1-10H3;1-3H;2*1H;/p-2. The summed E-state index contributed by atoms with van der Waals surface area (Å²) in [5.74, 6) is 3.02. The molecule has 0 atom stereocenters. The van der Waals surface area contributed by atoms with Crippen molar-refractivity contribution in [1.29, 1.82) is 0 Å². The molecule has 292 valence electrons. The molecule has 4 rings (SSSR count). The summed E-state index contributed by atoms with van der Waals surface area (Å²) in [6, 6.07) is 17.8. The summed E-state index contributed by atoms with van der Waals surface area (Å²) in [5, 5.41) is 0.528. The van der Waals surface area contributed by atoms with Crippen LogP contribution >= 0.6 is 30.7 Å². The fourth-order valence-electron chi connectivity index (χ4n) is 8.13. The molecule has 0 fully saturated rings. The molecular weight excluding hydrogens is 795 g/mol. The Kier molecular flexibility index (Phi) is 16.3. The maximum absolute atomic E-state index is 7.92. The fourth-order valence-corrected chi connectivity index (χ4v) is 14.7. The van der Waals surface area contributed by atoms with E-state index in [1.54, 1.807) is 6.20 Å². The molecule has 1 aliphatic rings. The molecule has 7 heteroatoms. The van der Waals surface area contributed by atoms with Crippen molar-refractivity contribution in [2.45, 2.75) is 151 Å². The van der Waals surface area contributed by atoms with Gasteiger partial charge in [0, 0.05) is 0 Å². The number of nitrogens with zero attached hydrogens (tertiary/aromatic N) is 3. The van der Waals surface area contributed by atoms with Crippen LogP contribution in [0.4, 0.5) is 11.4 Å². The van der Waals surface area contributed by atoms with Crippen LogP contribution in [0, 0.1) is 5.92 Å². The van der Waals surface area contributed by atoms with Gasteiger partial charge in [0.25, 0.3) is 0 Å². The van der Waals surface area contributed by atoms with E-state index < -0.39 is 13.5 Å². The molecule has 0 N–H and O–H groups in total. The molecule has 0 bridgehead atoms. The number of benzene rings is 2. The normalized spacial score (nSPS) is 14.0. The van der Waals surface area contributed by atoms with Crippen LogP contribution in [0.1, 0.15) is 173 Å². The number of para-hydroxylation sites is 2. The first kappa shape index (κ1) is 42.9. The average molecular weight is 860 g/mol. The van der Waals surface area contributed by atoms with Crippen LogP contribution in [0.15, 0.2) is 77.0 Å². The van der Waals surface area contributed by atoms with Crippen LogP contribution in [0.3, 0.4) is 0 Å². The quantitative estimate of drug-likeness (QED) is 0.119. The number of hydrogen-bond donors (Lipinski definition) is 0. The molecule has 0 amide bonds. The van der Waals surface area contributed by atoms with E-state index in [0.717, 1.165) is 67.7 Å². The molecule has 2 heterocycles. The van der Waals surface area contributed by atoms with E-state index in [0.29, 0.717) is 38.8 Å². The zero-order valence-corrected chi connectivity index (χ0v) is 37.2. The topological polar surface area (TPSA) is 19.4 Å². The van der Waals surface area contributed by atoms with Crippen LogP contribution in [0.2, 0.25) is 5.02 Å². The molecule has 0 saturated heterocycles. The summed E-state index contributed by atoms with van der Waals surface area (Å²) in [6.07, 6.45) is 15.7. The molecule has 52 heavy (non-hydrogen) atoms. The average Bonchev–Trinajstić information content (AvgIpc) is 3.56. The van der Waals surface area contributed by atoms with Gasteiger partial charge in [-0.1, -0.05) is 0 Å².